The number of hydrogen-bond donors (Lipinski definition) is 1. The van der Waals surface area contributed by atoms with Gasteiger partial charge in [-0.15, -0.1) is 0 Å². The van der Waals surface area contributed by atoms with Gasteiger partial charge in [-0.1, -0.05) is 46.3 Å². The smallest absolute Gasteiger partial charge is 0.122 e. The first-order chi connectivity index (χ1) is 9.19. The van der Waals surface area contributed by atoms with Gasteiger partial charge in [0.15, 0.2) is 0 Å². The third-order valence-corrected chi connectivity index (χ3v) is 3.56. The molecule has 2 rings (SSSR count). The molecule has 0 aliphatic carbocycles. The summed E-state index contributed by atoms with van der Waals surface area (Å²) in [5.41, 5.74) is 8.65. The van der Waals surface area contributed by atoms with Gasteiger partial charge in [-0.25, -0.2) is 0 Å². The minimum atomic E-state index is 0.0885. The Bertz CT molecular complexity index is 528. The van der Waals surface area contributed by atoms with E-state index in [-0.39, 0.29) is 6.04 Å². The van der Waals surface area contributed by atoms with Gasteiger partial charge in [0.2, 0.25) is 0 Å². The first-order valence-corrected chi connectivity index (χ1v) is 7.10. The van der Waals surface area contributed by atoms with Crippen LogP contribution in [0.2, 0.25) is 0 Å². The Labute approximate surface area is 122 Å². The Morgan fingerprint density at radius 3 is 2.53 bits per heavy atom. The number of ether oxygens (including phenoxy) is 1. The maximum atomic E-state index is 6.24. The van der Waals surface area contributed by atoms with Gasteiger partial charge in [0.25, 0.3) is 0 Å². The van der Waals surface area contributed by atoms with Gasteiger partial charge < -0.3 is 10.5 Å². The molecule has 0 bridgehead atoms. The van der Waals surface area contributed by atoms with Crippen molar-refractivity contribution in [1.82, 2.24) is 0 Å². The molecule has 0 saturated carbocycles. The summed E-state index contributed by atoms with van der Waals surface area (Å²) in [5, 5.41) is 0. The fourth-order valence-corrected chi connectivity index (χ4v) is 2.59. The second-order valence-electron chi connectivity index (χ2n) is 4.61. The predicted molar refractivity (Wildman–Crippen MR) is 82.5 cm³/mol. The molecule has 0 heterocycles. The second-order valence-corrected chi connectivity index (χ2v) is 5.53. The zero-order chi connectivity index (χ0) is 13.7. The zero-order valence-corrected chi connectivity index (χ0v) is 12.6. The average molecular weight is 320 g/mol. The number of nitrogens with two attached hydrogens (primary N) is 1. The summed E-state index contributed by atoms with van der Waals surface area (Å²) in [6.45, 7) is 0. The monoisotopic (exact) mass is 319 g/mol. The summed E-state index contributed by atoms with van der Waals surface area (Å²) in [6, 6.07) is 16.4. The van der Waals surface area contributed by atoms with Gasteiger partial charge in [-0.05, 0) is 42.2 Å². The second kappa shape index (κ2) is 6.73. The Balaban J connectivity index is 2.06. The molecule has 0 aliphatic rings. The van der Waals surface area contributed by atoms with E-state index in [9.17, 15) is 0 Å². The lowest BCUT2D eigenvalue weighted by Gasteiger charge is -2.14. The Morgan fingerprint density at radius 1 is 1.11 bits per heavy atom. The van der Waals surface area contributed by atoms with Crippen molar-refractivity contribution in [2.45, 2.75) is 18.9 Å². The van der Waals surface area contributed by atoms with E-state index in [4.69, 9.17) is 10.5 Å². The van der Waals surface area contributed by atoms with Gasteiger partial charge in [0.05, 0.1) is 7.11 Å². The molecule has 1 unspecified atom stereocenters. The topological polar surface area (TPSA) is 35.2 Å². The van der Waals surface area contributed by atoms with Crippen LogP contribution in [0.1, 0.15) is 11.1 Å². The first kappa shape index (κ1) is 14.1. The molecule has 0 saturated heterocycles. The highest BCUT2D eigenvalue weighted by molar-refractivity contribution is 9.10. The highest BCUT2D eigenvalue weighted by atomic mass is 79.9. The minimum absolute atomic E-state index is 0.0885. The summed E-state index contributed by atoms with van der Waals surface area (Å²) < 4.78 is 6.43. The fourth-order valence-electron chi connectivity index (χ4n) is 2.18. The van der Waals surface area contributed by atoms with E-state index in [2.05, 4.69) is 34.1 Å². The summed E-state index contributed by atoms with van der Waals surface area (Å²) in [7, 11) is 1.69. The van der Waals surface area contributed by atoms with Gasteiger partial charge in [-0.2, -0.15) is 0 Å². The van der Waals surface area contributed by atoms with E-state index in [1.165, 1.54) is 5.56 Å². The molecule has 0 amide bonds. The van der Waals surface area contributed by atoms with Crippen molar-refractivity contribution in [1.29, 1.82) is 0 Å². The van der Waals surface area contributed by atoms with Crippen LogP contribution in [0.25, 0.3) is 0 Å². The molecule has 100 valence electrons. The van der Waals surface area contributed by atoms with E-state index in [0.29, 0.717) is 0 Å². The van der Waals surface area contributed by atoms with Crippen molar-refractivity contribution in [3.05, 3.63) is 64.1 Å². The van der Waals surface area contributed by atoms with E-state index in [0.717, 1.165) is 28.6 Å². The SMILES string of the molecule is COc1ccc(Br)cc1CC(N)Cc1ccccc1. The van der Waals surface area contributed by atoms with Crippen LogP contribution < -0.4 is 10.5 Å². The van der Waals surface area contributed by atoms with E-state index in [1.54, 1.807) is 7.11 Å². The largest absolute Gasteiger partial charge is 0.496 e. The van der Waals surface area contributed by atoms with Crippen molar-refractivity contribution < 1.29 is 4.74 Å². The third-order valence-electron chi connectivity index (χ3n) is 3.07. The molecular formula is C16H18BrNO. The highest BCUT2D eigenvalue weighted by Crippen LogP contribution is 2.24. The van der Waals surface area contributed by atoms with Crippen LogP contribution in [-0.4, -0.2) is 13.2 Å². The molecule has 0 fully saturated rings. The normalized spacial score (nSPS) is 12.2. The lowest BCUT2D eigenvalue weighted by Crippen LogP contribution is -2.25. The average Bonchev–Trinajstić information content (AvgIpc) is 2.40. The number of rotatable bonds is 5. The summed E-state index contributed by atoms with van der Waals surface area (Å²) >= 11 is 3.49. The molecule has 0 aromatic heterocycles. The van der Waals surface area contributed by atoms with Gasteiger partial charge in [0.1, 0.15) is 5.75 Å². The number of halogens is 1. The van der Waals surface area contributed by atoms with Crippen LogP contribution in [0.3, 0.4) is 0 Å². The number of methoxy groups -OCH3 is 1. The van der Waals surface area contributed by atoms with Gasteiger partial charge in [-0.3, -0.25) is 0 Å². The first-order valence-electron chi connectivity index (χ1n) is 6.31. The molecule has 2 aromatic rings. The van der Waals surface area contributed by atoms with Crippen molar-refractivity contribution >= 4 is 15.9 Å². The van der Waals surface area contributed by atoms with Gasteiger partial charge in [0, 0.05) is 10.5 Å². The quantitative estimate of drug-likeness (QED) is 0.914. The number of benzene rings is 2. The lowest BCUT2D eigenvalue weighted by molar-refractivity contribution is 0.407. The standard InChI is InChI=1S/C16H18BrNO/c1-19-16-8-7-14(17)10-13(16)11-15(18)9-12-5-3-2-4-6-12/h2-8,10,15H,9,11,18H2,1H3. The maximum absolute atomic E-state index is 6.24. The Hall–Kier alpha value is -1.32. The molecule has 2 nitrogen and oxygen atoms in total. The summed E-state index contributed by atoms with van der Waals surface area (Å²) in [4.78, 5) is 0. The van der Waals surface area contributed by atoms with Gasteiger partial charge >= 0.3 is 0 Å². The molecular weight excluding hydrogens is 302 g/mol. The highest BCUT2D eigenvalue weighted by Gasteiger charge is 2.10. The van der Waals surface area contributed by atoms with Crippen LogP contribution in [0, 0.1) is 0 Å². The van der Waals surface area contributed by atoms with E-state index in [1.807, 2.05) is 30.3 Å². The summed E-state index contributed by atoms with van der Waals surface area (Å²) in [5.74, 6) is 0.895. The molecule has 0 spiro atoms. The molecule has 19 heavy (non-hydrogen) atoms. The summed E-state index contributed by atoms with van der Waals surface area (Å²) in [6.07, 6.45) is 1.67. The van der Waals surface area contributed by atoms with Crippen molar-refractivity contribution in [3.63, 3.8) is 0 Å². The van der Waals surface area contributed by atoms with Crippen LogP contribution in [0.15, 0.2) is 53.0 Å². The fraction of sp³-hybridized carbons (Fsp3) is 0.250. The van der Waals surface area contributed by atoms with Crippen LogP contribution in [0.5, 0.6) is 5.75 Å². The van der Waals surface area contributed by atoms with E-state index >= 15 is 0 Å². The zero-order valence-electron chi connectivity index (χ0n) is 11.0. The van der Waals surface area contributed by atoms with Crippen LogP contribution in [-0.2, 0) is 12.8 Å². The van der Waals surface area contributed by atoms with Crippen LogP contribution >= 0.6 is 15.9 Å². The molecule has 2 N–H and O–H groups in total. The Kier molecular flexibility index (Phi) is 5.00. The predicted octanol–water partition coefficient (Wildman–Crippen LogP) is 3.57. The minimum Gasteiger partial charge on any atom is -0.496 e. The molecule has 0 radical (unpaired) electrons. The molecule has 2 aromatic carbocycles. The molecule has 3 heteroatoms. The lowest BCUT2D eigenvalue weighted by atomic mass is 9.99. The Morgan fingerprint density at radius 2 is 1.84 bits per heavy atom. The maximum Gasteiger partial charge on any atom is 0.122 e. The molecule has 0 aliphatic heterocycles. The number of hydrogen-bond acceptors (Lipinski definition) is 2. The van der Waals surface area contributed by atoms with Crippen LogP contribution in [0.4, 0.5) is 0 Å². The van der Waals surface area contributed by atoms with E-state index < -0.39 is 0 Å². The molecule has 1 atom stereocenters. The van der Waals surface area contributed by atoms with Crippen molar-refractivity contribution in [2.75, 3.05) is 7.11 Å². The van der Waals surface area contributed by atoms with Crippen molar-refractivity contribution in [3.8, 4) is 5.75 Å². The third kappa shape index (κ3) is 4.08. The van der Waals surface area contributed by atoms with Crippen molar-refractivity contribution in [2.24, 2.45) is 5.73 Å².